The molecular formula is C8H16N2-2. The third-order valence-electron chi connectivity index (χ3n) is 2.36. The fourth-order valence-corrected chi connectivity index (χ4v) is 1.69. The minimum absolute atomic E-state index is 0.527. The molecule has 0 heterocycles. The van der Waals surface area contributed by atoms with Crippen molar-refractivity contribution in [2.45, 2.75) is 37.8 Å². The molecule has 0 spiro atoms. The van der Waals surface area contributed by atoms with Gasteiger partial charge in [0.25, 0.3) is 0 Å². The summed E-state index contributed by atoms with van der Waals surface area (Å²) < 4.78 is 0. The maximum absolute atomic E-state index is 4.31. The van der Waals surface area contributed by atoms with Crippen molar-refractivity contribution in [3.05, 3.63) is 10.6 Å². The molecule has 0 amide bonds. The molecule has 0 radical (unpaired) electrons. The van der Waals surface area contributed by atoms with E-state index in [1.165, 1.54) is 25.7 Å². The molecule has 1 aliphatic carbocycles. The smallest absolute Gasteiger partial charge is 0.0548 e. The van der Waals surface area contributed by atoms with Gasteiger partial charge in [-0.1, -0.05) is 25.7 Å². The van der Waals surface area contributed by atoms with Crippen LogP contribution in [0.3, 0.4) is 0 Å². The maximum Gasteiger partial charge on any atom is -0.0548 e. The molecule has 60 valence electrons. The predicted molar refractivity (Wildman–Crippen MR) is 44.6 cm³/mol. The van der Waals surface area contributed by atoms with E-state index in [0.29, 0.717) is 12.1 Å². The Hall–Kier alpha value is -0.0800. The fourth-order valence-electron chi connectivity index (χ4n) is 1.69. The van der Waals surface area contributed by atoms with Gasteiger partial charge in [0.2, 0.25) is 0 Å². The molecule has 10 heavy (non-hydrogen) atoms. The van der Waals surface area contributed by atoms with E-state index in [2.05, 4.69) is 10.6 Å². The first kappa shape index (κ1) is 8.02. The van der Waals surface area contributed by atoms with Crippen LogP contribution < -0.4 is 0 Å². The van der Waals surface area contributed by atoms with E-state index >= 15 is 0 Å². The minimum Gasteiger partial charge on any atom is -0.663 e. The summed E-state index contributed by atoms with van der Waals surface area (Å²) in [5, 5.41) is 8.61. The zero-order valence-corrected chi connectivity index (χ0v) is 6.88. The summed E-state index contributed by atoms with van der Waals surface area (Å²) in [6.45, 7) is 0. The van der Waals surface area contributed by atoms with Gasteiger partial charge in [0.1, 0.15) is 0 Å². The zero-order valence-electron chi connectivity index (χ0n) is 6.88. The molecule has 0 aliphatic heterocycles. The van der Waals surface area contributed by atoms with Crippen LogP contribution in [0.1, 0.15) is 25.7 Å². The zero-order chi connectivity index (χ0) is 7.40. The summed E-state index contributed by atoms with van der Waals surface area (Å²) in [5.41, 5.74) is 0. The molecule has 2 heteroatoms. The van der Waals surface area contributed by atoms with Gasteiger partial charge in [0, 0.05) is 0 Å². The van der Waals surface area contributed by atoms with Crippen LogP contribution in [0.25, 0.3) is 10.6 Å². The van der Waals surface area contributed by atoms with Crippen molar-refractivity contribution in [3.8, 4) is 0 Å². The Kier molecular flexibility index (Phi) is 3.16. The van der Waals surface area contributed by atoms with Crippen molar-refractivity contribution < 1.29 is 0 Å². The molecular weight excluding hydrogens is 124 g/mol. The molecule has 0 saturated heterocycles. The Morgan fingerprint density at radius 3 is 1.60 bits per heavy atom. The Morgan fingerprint density at radius 2 is 1.30 bits per heavy atom. The van der Waals surface area contributed by atoms with E-state index in [1.807, 2.05) is 14.1 Å². The van der Waals surface area contributed by atoms with Gasteiger partial charge in [0.05, 0.1) is 0 Å². The molecule has 2 nitrogen and oxygen atoms in total. The van der Waals surface area contributed by atoms with Gasteiger partial charge >= 0.3 is 0 Å². The van der Waals surface area contributed by atoms with Crippen molar-refractivity contribution in [3.63, 3.8) is 0 Å². The van der Waals surface area contributed by atoms with Crippen LogP contribution in [0.4, 0.5) is 0 Å². The second-order valence-corrected chi connectivity index (χ2v) is 2.94. The molecule has 0 aromatic carbocycles. The van der Waals surface area contributed by atoms with Gasteiger partial charge in [-0.2, -0.15) is 26.2 Å². The third kappa shape index (κ3) is 1.70. The van der Waals surface area contributed by atoms with Crippen molar-refractivity contribution in [1.29, 1.82) is 0 Å². The molecule has 0 aromatic rings. The Bertz CT molecular complexity index is 81.3. The number of likely N-dealkylation sites (N-methyl/N-ethyl adjacent to an activating group) is 2. The first-order valence-electron chi connectivity index (χ1n) is 4.06. The largest absolute Gasteiger partial charge is 0.663 e. The summed E-state index contributed by atoms with van der Waals surface area (Å²) >= 11 is 0. The molecule has 0 unspecified atom stereocenters. The van der Waals surface area contributed by atoms with Crippen LogP contribution in [-0.4, -0.2) is 26.2 Å². The lowest BCUT2D eigenvalue weighted by Crippen LogP contribution is -2.27. The van der Waals surface area contributed by atoms with Crippen LogP contribution in [0, 0.1) is 0 Å². The number of nitrogens with zero attached hydrogens (tertiary/aromatic N) is 2. The summed E-state index contributed by atoms with van der Waals surface area (Å²) in [6.07, 6.45) is 5.18. The molecule has 1 saturated carbocycles. The van der Waals surface area contributed by atoms with Gasteiger partial charge in [-0.15, -0.1) is 0 Å². The molecule has 1 aliphatic rings. The highest BCUT2D eigenvalue weighted by Gasteiger charge is 2.08. The molecule has 0 bridgehead atoms. The highest BCUT2D eigenvalue weighted by molar-refractivity contribution is 5.06. The van der Waals surface area contributed by atoms with Gasteiger partial charge in [-0.25, -0.2) is 0 Å². The van der Waals surface area contributed by atoms with E-state index < -0.39 is 0 Å². The first-order valence-corrected chi connectivity index (χ1v) is 4.06. The van der Waals surface area contributed by atoms with Crippen LogP contribution in [0.15, 0.2) is 0 Å². The monoisotopic (exact) mass is 140 g/mol. The Balaban J connectivity index is 2.34. The lowest BCUT2D eigenvalue weighted by molar-refractivity contribution is 0.440. The molecule has 0 N–H and O–H groups in total. The van der Waals surface area contributed by atoms with Crippen molar-refractivity contribution in [1.82, 2.24) is 0 Å². The van der Waals surface area contributed by atoms with Gasteiger partial charge < -0.3 is 10.6 Å². The summed E-state index contributed by atoms with van der Waals surface area (Å²) in [7, 11) is 3.82. The average Bonchev–Trinajstić information content (AvgIpc) is 2.04. The number of hydrogen-bond acceptors (Lipinski definition) is 0. The van der Waals surface area contributed by atoms with Crippen LogP contribution in [0.2, 0.25) is 0 Å². The SMILES string of the molecule is C[N-][C@@H]1CCCC[C@H]1[N-]C. The summed E-state index contributed by atoms with van der Waals surface area (Å²) in [5.74, 6) is 0. The third-order valence-corrected chi connectivity index (χ3v) is 2.36. The molecule has 0 aromatic heterocycles. The van der Waals surface area contributed by atoms with Crippen LogP contribution in [-0.2, 0) is 0 Å². The second kappa shape index (κ2) is 3.94. The molecule has 1 fully saturated rings. The van der Waals surface area contributed by atoms with Crippen LogP contribution in [0.5, 0.6) is 0 Å². The van der Waals surface area contributed by atoms with Gasteiger partial charge in [0.15, 0.2) is 0 Å². The lowest BCUT2D eigenvalue weighted by atomic mass is 9.91. The van der Waals surface area contributed by atoms with Gasteiger partial charge in [-0.3, -0.25) is 0 Å². The Labute approximate surface area is 63.4 Å². The highest BCUT2D eigenvalue weighted by atomic mass is 15.0. The topological polar surface area (TPSA) is 28.2 Å². The van der Waals surface area contributed by atoms with Crippen molar-refractivity contribution >= 4 is 0 Å². The number of hydrogen-bond donors (Lipinski definition) is 0. The van der Waals surface area contributed by atoms with Crippen LogP contribution >= 0.6 is 0 Å². The van der Waals surface area contributed by atoms with E-state index in [1.54, 1.807) is 0 Å². The van der Waals surface area contributed by atoms with E-state index in [4.69, 9.17) is 0 Å². The average molecular weight is 140 g/mol. The number of rotatable bonds is 2. The standard InChI is InChI=1S/C8H16N2/c1-9-7-5-3-4-6-8(7)10-2/h7-8H,3-6H2,1-2H3/q-2/t7-,8-/m1/s1. The second-order valence-electron chi connectivity index (χ2n) is 2.94. The highest BCUT2D eigenvalue weighted by Crippen LogP contribution is 2.26. The molecule has 1 rings (SSSR count). The quantitative estimate of drug-likeness (QED) is 0.563. The van der Waals surface area contributed by atoms with Gasteiger partial charge in [-0.05, 0) is 0 Å². The normalized spacial score (nSPS) is 34.2. The Morgan fingerprint density at radius 1 is 0.900 bits per heavy atom. The van der Waals surface area contributed by atoms with Crippen molar-refractivity contribution in [2.75, 3.05) is 14.1 Å². The molecule has 2 atom stereocenters. The van der Waals surface area contributed by atoms with E-state index in [0.717, 1.165) is 0 Å². The van der Waals surface area contributed by atoms with E-state index in [-0.39, 0.29) is 0 Å². The maximum atomic E-state index is 4.31. The lowest BCUT2D eigenvalue weighted by Gasteiger charge is -2.47. The van der Waals surface area contributed by atoms with E-state index in [9.17, 15) is 0 Å². The van der Waals surface area contributed by atoms with Crippen molar-refractivity contribution in [2.24, 2.45) is 0 Å². The summed E-state index contributed by atoms with van der Waals surface area (Å²) in [6, 6.07) is 1.05. The predicted octanol–water partition coefficient (Wildman–Crippen LogP) is 2.30. The summed E-state index contributed by atoms with van der Waals surface area (Å²) in [4.78, 5) is 0. The fraction of sp³-hybridized carbons (Fsp3) is 1.00. The first-order chi connectivity index (χ1) is 4.88. The minimum atomic E-state index is 0.527.